The molecule has 2 aromatic carbocycles. The Hall–Kier alpha value is -2.23. The van der Waals surface area contributed by atoms with Crippen LogP contribution in [0.5, 0.6) is 5.75 Å². The summed E-state index contributed by atoms with van der Waals surface area (Å²) >= 11 is 0. The van der Waals surface area contributed by atoms with Crippen LogP contribution < -0.4 is 4.74 Å². The standard InChI is InChI=1S/C14H10F2O2/c15-11-6-7-12(16)14(8-11)18-9-13(17)10-4-2-1-3-5-10/h1-8H,9H2. The largest absolute Gasteiger partial charge is 0.482 e. The summed E-state index contributed by atoms with van der Waals surface area (Å²) in [5, 5.41) is 0. The first kappa shape index (κ1) is 12.2. The van der Waals surface area contributed by atoms with Gasteiger partial charge in [0.1, 0.15) is 5.82 Å². The molecule has 2 rings (SSSR count). The fourth-order valence-corrected chi connectivity index (χ4v) is 1.44. The summed E-state index contributed by atoms with van der Waals surface area (Å²) in [6.07, 6.45) is 0. The van der Waals surface area contributed by atoms with E-state index in [1.165, 1.54) is 0 Å². The zero-order valence-electron chi connectivity index (χ0n) is 9.40. The lowest BCUT2D eigenvalue weighted by Gasteiger charge is -2.06. The molecule has 0 amide bonds. The lowest BCUT2D eigenvalue weighted by molar-refractivity contribution is 0.0918. The molecule has 92 valence electrons. The van der Waals surface area contributed by atoms with E-state index >= 15 is 0 Å². The lowest BCUT2D eigenvalue weighted by atomic mass is 10.1. The van der Waals surface area contributed by atoms with Gasteiger partial charge in [-0.2, -0.15) is 0 Å². The third-order valence-corrected chi connectivity index (χ3v) is 2.35. The molecule has 0 N–H and O–H groups in total. The van der Waals surface area contributed by atoms with E-state index in [4.69, 9.17) is 4.74 Å². The summed E-state index contributed by atoms with van der Waals surface area (Å²) in [5.74, 6) is -1.87. The van der Waals surface area contributed by atoms with Gasteiger partial charge in [-0.1, -0.05) is 30.3 Å². The molecule has 0 aliphatic carbocycles. The van der Waals surface area contributed by atoms with Gasteiger partial charge in [0.2, 0.25) is 0 Å². The van der Waals surface area contributed by atoms with E-state index in [1.807, 2.05) is 0 Å². The Morgan fingerprint density at radius 1 is 1.06 bits per heavy atom. The van der Waals surface area contributed by atoms with Crippen molar-refractivity contribution in [2.45, 2.75) is 0 Å². The van der Waals surface area contributed by atoms with Gasteiger partial charge in [-0.3, -0.25) is 4.79 Å². The minimum absolute atomic E-state index is 0.265. The first-order valence-electron chi connectivity index (χ1n) is 5.33. The maximum Gasteiger partial charge on any atom is 0.200 e. The molecule has 4 heteroatoms. The smallest absolute Gasteiger partial charge is 0.200 e. The minimum atomic E-state index is -0.697. The van der Waals surface area contributed by atoms with E-state index in [9.17, 15) is 13.6 Å². The number of Topliss-reactive ketones (excluding diaryl/α,β-unsaturated/α-hetero) is 1. The molecule has 0 spiro atoms. The zero-order chi connectivity index (χ0) is 13.0. The third-order valence-electron chi connectivity index (χ3n) is 2.35. The van der Waals surface area contributed by atoms with Gasteiger partial charge in [-0.25, -0.2) is 8.78 Å². The van der Waals surface area contributed by atoms with Gasteiger partial charge in [0.25, 0.3) is 0 Å². The van der Waals surface area contributed by atoms with Crippen LogP contribution in [0.15, 0.2) is 48.5 Å². The number of hydrogen-bond acceptors (Lipinski definition) is 2. The fourth-order valence-electron chi connectivity index (χ4n) is 1.44. The van der Waals surface area contributed by atoms with E-state index in [0.29, 0.717) is 5.56 Å². The molecule has 18 heavy (non-hydrogen) atoms. The van der Waals surface area contributed by atoms with Gasteiger partial charge in [-0.15, -0.1) is 0 Å². The van der Waals surface area contributed by atoms with Crippen LogP contribution in [0.1, 0.15) is 10.4 Å². The molecular weight excluding hydrogens is 238 g/mol. The van der Waals surface area contributed by atoms with Crippen LogP contribution in [0.4, 0.5) is 8.78 Å². The molecule has 0 saturated carbocycles. The predicted octanol–water partition coefficient (Wildman–Crippen LogP) is 3.23. The summed E-state index contributed by atoms with van der Waals surface area (Å²) in [4.78, 5) is 11.7. The second kappa shape index (κ2) is 5.40. The highest BCUT2D eigenvalue weighted by molar-refractivity contribution is 5.97. The molecular formula is C14H10F2O2. The first-order chi connectivity index (χ1) is 8.66. The fraction of sp³-hybridized carbons (Fsp3) is 0.0714. The van der Waals surface area contributed by atoms with Crippen LogP contribution in [0, 0.1) is 11.6 Å². The molecule has 0 saturated heterocycles. The van der Waals surface area contributed by atoms with Gasteiger partial charge in [-0.05, 0) is 12.1 Å². The Bertz CT molecular complexity index is 553. The van der Waals surface area contributed by atoms with Crippen molar-refractivity contribution in [2.24, 2.45) is 0 Å². The summed E-state index contributed by atoms with van der Waals surface area (Å²) < 4.78 is 31.1. The van der Waals surface area contributed by atoms with Gasteiger partial charge in [0.15, 0.2) is 24.0 Å². The van der Waals surface area contributed by atoms with Crippen molar-refractivity contribution < 1.29 is 18.3 Å². The first-order valence-corrected chi connectivity index (χ1v) is 5.33. The highest BCUT2D eigenvalue weighted by Crippen LogP contribution is 2.18. The number of halogens is 2. The average molecular weight is 248 g/mol. The summed E-state index contributed by atoms with van der Waals surface area (Å²) in [5.41, 5.74) is 0.467. The van der Waals surface area contributed by atoms with E-state index in [1.54, 1.807) is 30.3 Å². The number of carbonyl (C=O) groups excluding carboxylic acids is 1. The van der Waals surface area contributed by atoms with Crippen LogP contribution in [-0.2, 0) is 0 Å². The maximum atomic E-state index is 13.2. The topological polar surface area (TPSA) is 26.3 Å². The lowest BCUT2D eigenvalue weighted by Crippen LogP contribution is -2.12. The number of benzene rings is 2. The Morgan fingerprint density at radius 3 is 2.50 bits per heavy atom. The van der Waals surface area contributed by atoms with Crippen LogP contribution in [-0.4, -0.2) is 12.4 Å². The molecule has 0 aliphatic rings. The second-order valence-electron chi connectivity index (χ2n) is 3.65. The number of ether oxygens (including phenoxy) is 1. The zero-order valence-corrected chi connectivity index (χ0v) is 9.40. The molecule has 0 bridgehead atoms. The van der Waals surface area contributed by atoms with E-state index in [0.717, 1.165) is 18.2 Å². The Morgan fingerprint density at radius 2 is 1.78 bits per heavy atom. The molecule has 0 radical (unpaired) electrons. The molecule has 2 nitrogen and oxygen atoms in total. The van der Waals surface area contributed by atoms with Crippen molar-refractivity contribution >= 4 is 5.78 Å². The van der Waals surface area contributed by atoms with E-state index in [2.05, 4.69) is 0 Å². The van der Waals surface area contributed by atoms with Gasteiger partial charge in [0.05, 0.1) is 0 Å². The SMILES string of the molecule is O=C(COc1cc(F)ccc1F)c1ccccc1. The van der Waals surface area contributed by atoms with Crippen molar-refractivity contribution in [3.63, 3.8) is 0 Å². The summed E-state index contributed by atoms with van der Waals surface area (Å²) in [6, 6.07) is 11.3. The third kappa shape index (κ3) is 2.91. The van der Waals surface area contributed by atoms with Crippen LogP contribution in [0.3, 0.4) is 0 Å². The van der Waals surface area contributed by atoms with Gasteiger partial charge < -0.3 is 4.74 Å². The van der Waals surface area contributed by atoms with E-state index < -0.39 is 11.6 Å². The van der Waals surface area contributed by atoms with Gasteiger partial charge >= 0.3 is 0 Å². The highest BCUT2D eigenvalue weighted by atomic mass is 19.1. The van der Waals surface area contributed by atoms with Crippen LogP contribution in [0.2, 0.25) is 0 Å². The Balaban J connectivity index is 2.04. The van der Waals surface area contributed by atoms with Crippen molar-refractivity contribution in [1.82, 2.24) is 0 Å². The molecule has 0 aliphatic heterocycles. The maximum absolute atomic E-state index is 13.2. The normalized spacial score (nSPS) is 10.1. The number of hydrogen-bond donors (Lipinski definition) is 0. The molecule has 0 unspecified atom stereocenters. The molecule has 0 atom stereocenters. The minimum Gasteiger partial charge on any atom is -0.482 e. The van der Waals surface area contributed by atoms with Crippen molar-refractivity contribution in [1.29, 1.82) is 0 Å². The van der Waals surface area contributed by atoms with Crippen LogP contribution in [0.25, 0.3) is 0 Å². The molecule has 2 aromatic rings. The summed E-state index contributed by atoms with van der Waals surface area (Å²) in [7, 11) is 0. The molecule has 0 aromatic heterocycles. The average Bonchev–Trinajstić information content (AvgIpc) is 2.40. The Kier molecular flexibility index (Phi) is 3.67. The number of carbonyl (C=O) groups is 1. The quantitative estimate of drug-likeness (QED) is 0.776. The predicted molar refractivity (Wildman–Crippen MR) is 62.6 cm³/mol. The molecule has 0 fully saturated rings. The van der Waals surface area contributed by atoms with Crippen molar-refractivity contribution in [3.05, 3.63) is 65.7 Å². The highest BCUT2D eigenvalue weighted by Gasteiger charge is 2.09. The Labute approximate surface area is 103 Å². The summed E-state index contributed by atoms with van der Waals surface area (Å²) in [6.45, 7) is -0.329. The van der Waals surface area contributed by atoms with Gasteiger partial charge in [0, 0.05) is 11.6 Å². The van der Waals surface area contributed by atoms with Crippen LogP contribution >= 0.6 is 0 Å². The second-order valence-corrected chi connectivity index (χ2v) is 3.65. The number of ketones is 1. The molecule has 0 heterocycles. The van der Waals surface area contributed by atoms with Crippen molar-refractivity contribution in [3.8, 4) is 5.75 Å². The number of rotatable bonds is 4. The van der Waals surface area contributed by atoms with E-state index in [-0.39, 0.29) is 18.1 Å². The monoisotopic (exact) mass is 248 g/mol. The van der Waals surface area contributed by atoms with Crippen molar-refractivity contribution in [2.75, 3.05) is 6.61 Å².